The van der Waals surface area contributed by atoms with Crippen LogP contribution in [0, 0.1) is 0 Å². The van der Waals surface area contributed by atoms with E-state index in [9.17, 15) is 9.90 Å². The molecular formula is C7H5FNa2O2. The van der Waals surface area contributed by atoms with Crippen molar-refractivity contribution in [3.8, 4) is 0 Å². The van der Waals surface area contributed by atoms with Crippen LogP contribution in [0.1, 0.15) is 10.4 Å². The number of carbonyl (C=O) groups is 1. The minimum atomic E-state index is -1.13. The largest absolute Gasteiger partial charge is 1.00 e. The Morgan fingerprint density at radius 2 is 1.50 bits per heavy atom. The number of aromatic carboxylic acids is 1. The molecule has 0 saturated heterocycles. The van der Waals surface area contributed by atoms with Crippen molar-refractivity contribution in [1.29, 1.82) is 0 Å². The molecule has 0 radical (unpaired) electrons. The average Bonchev–Trinajstić information content (AvgIpc) is 1.90. The van der Waals surface area contributed by atoms with Crippen molar-refractivity contribution < 1.29 is 73.7 Å². The molecule has 0 spiro atoms. The molecule has 1 aromatic carbocycles. The Morgan fingerprint density at radius 3 is 1.75 bits per heavy atom. The van der Waals surface area contributed by atoms with Gasteiger partial charge >= 0.3 is 59.1 Å². The Morgan fingerprint density at radius 1 is 1.08 bits per heavy atom. The first kappa shape index (κ1) is 18.4. The third-order valence-electron chi connectivity index (χ3n) is 1.01. The fourth-order valence-electron chi connectivity index (χ4n) is 0.574. The maximum Gasteiger partial charge on any atom is 1.00 e. The van der Waals surface area contributed by atoms with Gasteiger partial charge in [-0.25, -0.2) is 0 Å². The van der Waals surface area contributed by atoms with Gasteiger partial charge in [0.05, 0.1) is 5.97 Å². The summed E-state index contributed by atoms with van der Waals surface area (Å²) in [4.78, 5) is 10.1. The molecule has 0 fully saturated rings. The summed E-state index contributed by atoms with van der Waals surface area (Å²) >= 11 is 0. The number of carboxylic acids is 1. The fraction of sp³-hybridized carbons (Fsp3) is 0. The van der Waals surface area contributed by atoms with E-state index in [1.54, 1.807) is 18.2 Å². The van der Waals surface area contributed by atoms with Gasteiger partial charge in [-0.2, -0.15) is 0 Å². The molecule has 0 aliphatic heterocycles. The summed E-state index contributed by atoms with van der Waals surface area (Å²) in [5.41, 5.74) is 0.220. The van der Waals surface area contributed by atoms with Crippen LogP contribution in [0.15, 0.2) is 30.3 Å². The number of benzene rings is 1. The molecule has 0 atom stereocenters. The molecule has 1 rings (SSSR count). The molecule has 0 N–H and O–H groups in total. The van der Waals surface area contributed by atoms with Crippen molar-refractivity contribution in [3.63, 3.8) is 0 Å². The Kier molecular flexibility index (Phi) is 14.9. The topological polar surface area (TPSA) is 40.1 Å². The Hall–Kier alpha value is 0.620. The average molecular weight is 186 g/mol. The van der Waals surface area contributed by atoms with E-state index in [2.05, 4.69) is 0 Å². The van der Waals surface area contributed by atoms with Crippen LogP contribution in [0.4, 0.5) is 0 Å². The zero-order valence-electron chi connectivity index (χ0n) is 7.08. The molecule has 0 aliphatic rings. The second-order valence-corrected chi connectivity index (χ2v) is 1.65. The van der Waals surface area contributed by atoms with Gasteiger partial charge in [-0.15, -0.1) is 0 Å². The number of hydrogen-bond donors (Lipinski definition) is 0. The van der Waals surface area contributed by atoms with Crippen molar-refractivity contribution in [2.45, 2.75) is 0 Å². The second-order valence-electron chi connectivity index (χ2n) is 1.65. The van der Waals surface area contributed by atoms with E-state index in [0.717, 1.165) is 0 Å². The minimum Gasteiger partial charge on any atom is -1.00 e. The zero-order chi connectivity index (χ0) is 6.69. The summed E-state index contributed by atoms with van der Waals surface area (Å²) in [6.07, 6.45) is 0. The normalized spacial score (nSPS) is 6.67. The van der Waals surface area contributed by atoms with Crippen molar-refractivity contribution in [3.05, 3.63) is 35.9 Å². The summed E-state index contributed by atoms with van der Waals surface area (Å²) in [6.45, 7) is 0. The van der Waals surface area contributed by atoms with Gasteiger partial charge in [0.1, 0.15) is 0 Å². The first-order valence-electron chi connectivity index (χ1n) is 2.57. The molecule has 0 heterocycles. The van der Waals surface area contributed by atoms with Crippen LogP contribution >= 0.6 is 0 Å². The SMILES string of the molecule is O=C([O-])c1ccccc1.[F-].[Na+].[Na+]. The van der Waals surface area contributed by atoms with Crippen LogP contribution in [0.25, 0.3) is 0 Å². The van der Waals surface area contributed by atoms with E-state index in [0.29, 0.717) is 0 Å². The molecule has 12 heavy (non-hydrogen) atoms. The molecule has 0 saturated carbocycles. The smallest absolute Gasteiger partial charge is 1.00 e. The minimum absolute atomic E-state index is 0. The number of rotatable bonds is 1. The summed E-state index contributed by atoms with van der Waals surface area (Å²) in [5.74, 6) is -1.13. The molecular weight excluding hydrogens is 181 g/mol. The van der Waals surface area contributed by atoms with Gasteiger partial charge in [-0.05, 0) is 5.56 Å². The zero-order valence-corrected chi connectivity index (χ0v) is 11.1. The number of halogens is 1. The van der Waals surface area contributed by atoms with E-state index in [4.69, 9.17) is 0 Å². The van der Waals surface area contributed by atoms with Crippen LogP contribution in [0.2, 0.25) is 0 Å². The maximum atomic E-state index is 10.1. The molecule has 2 nitrogen and oxygen atoms in total. The summed E-state index contributed by atoms with van der Waals surface area (Å²) in [6, 6.07) is 8.06. The van der Waals surface area contributed by atoms with Crippen LogP contribution in [-0.4, -0.2) is 5.97 Å². The molecule has 0 bridgehead atoms. The monoisotopic (exact) mass is 186 g/mol. The first-order valence-corrected chi connectivity index (χ1v) is 2.57. The number of hydrogen-bond acceptors (Lipinski definition) is 2. The van der Waals surface area contributed by atoms with E-state index in [1.165, 1.54) is 12.1 Å². The molecule has 0 aliphatic carbocycles. The van der Waals surface area contributed by atoms with Crippen LogP contribution < -0.4 is 68.9 Å². The second kappa shape index (κ2) is 9.71. The number of carbonyl (C=O) groups excluding carboxylic acids is 1. The van der Waals surface area contributed by atoms with E-state index >= 15 is 0 Å². The summed E-state index contributed by atoms with van der Waals surface area (Å²) in [7, 11) is 0. The molecule has 1 aromatic rings. The van der Waals surface area contributed by atoms with Gasteiger partial charge in [0.15, 0.2) is 0 Å². The van der Waals surface area contributed by atoms with Crippen molar-refractivity contribution in [2.24, 2.45) is 0 Å². The first-order chi connectivity index (χ1) is 4.30. The molecule has 0 amide bonds. The van der Waals surface area contributed by atoms with Gasteiger partial charge in [0, 0.05) is 0 Å². The van der Waals surface area contributed by atoms with Crippen molar-refractivity contribution in [2.75, 3.05) is 0 Å². The van der Waals surface area contributed by atoms with Gasteiger partial charge in [0.2, 0.25) is 0 Å². The molecule has 54 valence electrons. The van der Waals surface area contributed by atoms with E-state index < -0.39 is 5.97 Å². The molecule has 0 aromatic heterocycles. The quantitative estimate of drug-likeness (QED) is 0.409. The van der Waals surface area contributed by atoms with E-state index in [1.807, 2.05) is 0 Å². The predicted octanol–water partition coefficient (Wildman–Crippen LogP) is -8.94. The van der Waals surface area contributed by atoms with Crippen LogP contribution in [0.3, 0.4) is 0 Å². The summed E-state index contributed by atoms with van der Waals surface area (Å²) < 4.78 is 0. The van der Waals surface area contributed by atoms with Crippen molar-refractivity contribution in [1.82, 2.24) is 0 Å². The van der Waals surface area contributed by atoms with Gasteiger partial charge in [-0.1, -0.05) is 30.3 Å². The molecule has 0 unspecified atom stereocenters. The maximum absolute atomic E-state index is 10.1. The fourth-order valence-corrected chi connectivity index (χ4v) is 0.574. The Balaban J connectivity index is -0.000000270. The number of carboxylic acid groups (broad SMARTS) is 1. The van der Waals surface area contributed by atoms with E-state index in [-0.39, 0.29) is 69.4 Å². The van der Waals surface area contributed by atoms with Gasteiger partial charge in [-0.3, -0.25) is 0 Å². The molecule has 5 heteroatoms. The van der Waals surface area contributed by atoms with Crippen LogP contribution in [-0.2, 0) is 0 Å². The third kappa shape index (κ3) is 6.17. The predicted molar refractivity (Wildman–Crippen MR) is 30.8 cm³/mol. The Bertz CT molecular complexity index is 216. The third-order valence-corrected chi connectivity index (χ3v) is 1.01. The van der Waals surface area contributed by atoms with Gasteiger partial charge in [0.25, 0.3) is 0 Å². The van der Waals surface area contributed by atoms with Gasteiger partial charge < -0.3 is 14.6 Å². The van der Waals surface area contributed by atoms with Crippen molar-refractivity contribution >= 4 is 5.97 Å². The summed E-state index contributed by atoms with van der Waals surface area (Å²) in [5, 5.41) is 10.1. The standard InChI is InChI=1S/C7H6O2.FH.2Na/c8-7(9)6-4-2-1-3-5-6;;;/h1-5H,(H,8,9);1H;;/q;;2*+1/p-2. The Labute approximate surface area is 114 Å². The van der Waals surface area contributed by atoms with Crippen LogP contribution in [0.5, 0.6) is 0 Å².